The van der Waals surface area contributed by atoms with Gasteiger partial charge in [-0.3, -0.25) is 0 Å². The van der Waals surface area contributed by atoms with Gasteiger partial charge in [-0.2, -0.15) is 3.84 Å². The topological polar surface area (TPSA) is 63.2 Å². The largest absolute Gasteiger partial charge is 0.496 e. The number of hydrogen-bond acceptors (Lipinski definition) is 6. The number of nitrogens with one attached hydrogen (secondary N) is 1. The SMILES string of the molecule is COc1ccc(C(CN2CCNCC2)C2(O)CCOCC2)cc1Br.ClOCl. The number of rotatable bonds is 5. The van der Waals surface area contributed by atoms with Gasteiger partial charge >= 0.3 is 0 Å². The fraction of sp³-hybridized carbons (Fsp3) is 0.667. The van der Waals surface area contributed by atoms with Crippen molar-refractivity contribution in [1.29, 1.82) is 0 Å². The van der Waals surface area contributed by atoms with Crippen molar-refractivity contribution in [3.8, 4) is 5.75 Å². The predicted octanol–water partition coefficient (Wildman–Crippen LogP) is 3.30. The van der Waals surface area contributed by atoms with E-state index in [9.17, 15) is 5.11 Å². The van der Waals surface area contributed by atoms with E-state index < -0.39 is 5.60 Å². The zero-order chi connectivity index (χ0) is 19.7. The van der Waals surface area contributed by atoms with Crippen molar-refractivity contribution in [3.63, 3.8) is 0 Å². The molecule has 9 heteroatoms. The Morgan fingerprint density at radius 3 is 2.48 bits per heavy atom. The molecule has 6 nitrogen and oxygen atoms in total. The lowest BCUT2D eigenvalue weighted by molar-refractivity contribution is -0.0851. The summed E-state index contributed by atoms with van der Waals surface area (Å²) in [5.41, 5.74) is 0.447. The Morgan fingerprint density at radius 1 is 1.30 bits per heavy atom. The molecular formula is C18H27BrCl2N2O4. The van der Waals surface area contributed by atoms with Crippen LogP contribution in [0.2, 0.25) is 0 Å². The molecule has 1 aromatic rings. The molecule has 0 spiro atoms. The van der Waals surface area contributed by atoms with Crippen molar-refractivity contribution in [2.24, 2.45) is 0 Å². The third kappa shape index (κ3) is 6.72. The Hall–Kier alpha value is -0.120. The number of halogens is 3. The number of benzene rings is 1. The van der Waals surface area contributed by atoms with Crippen LogP contribution in [0, 0.1) is 0 Å². The van der Waals surface area contributed by atoms with Gasteiger partial charge in [-0.15, -0.1) is 0 Å². The Labute approximate surface area is 179 Å². The highest BCUT2D eigenvalue weighted by molar-refractivity contribution is 9.10. The molecule has 0 aromatic heterocycles. The van der Waals surface area contributed by atoms with Crippen molar-refractivity contribution < 1.29 is 18.4 Å². The van der Waals surface area contributed by atoms with Gasteiger partial charge in [-0.1, -0.05) is 6.07 Å². The highest BCUT2D eigenvalue weighted by Gasteiger charge is 2.40. The van der Waals surface area contributed by atoms with Crippen LogP contribution in [0.1, 0.15) is 24.3 Å². The van der Waals surface area contributed by atoms with Gasteiger partial charge < -0.3 is 24.8 Å². The molecule has 2 saturated heterocycles. The second kappa shape index (κ2) is 11.8. The third-order valence-electron chi connectivity index (χ3n) is 5.24. The molecule has 2 N–H and O–H groups in total. The number of aliphatic hydroxyl groups is 1. The zero-order valence-electron chi connectivity index (χ0n) is 15.4. The van der Waals surface area contributed by atoms with Crippen molar-refractivity contribution in [1.82, 2.24) is 10.2 Å². The van der Waals surface area contributed by atoms with Crippen molar-refractivity contribution in [2.45, 2.75) is 24.4 Å². The van der Waals surface area contributed by atoms with Gasteiger partial charge in [0.05, 0.1) is 40.9 Å². The van der Waals surface area contributed by atoms with Crippen LogP contribution in [0.5, 0.6) is 5.75 Å². The third-order valence-corrected chi connectivity index (χ3v) is 5.86. The standard InChI is InChI=1S/C18H27BrN2O3.Cl2O/c1-23-17-3-2-14(12-16(17)19)15(13-21-8-6-20-7-9-21)18(22)4-10-24-11-5-18;1-3-2/h2-3,12,15,20,22H,4-11,13H2,1H3;. The summed E-state index contributed by atoms with van der Waals surface area (Å²) in [6.07, 6.45) is 1.38. The molecule has 0 amide bonds. The van der Waals surface area contributed by atoms with Crippen molar-refractivity contribution in [2.75, 3.05) is 53.0 Å². The van der Waals surface area contributed by atoms with E-state index in [-0.39, 0.29) is 5.92 Å². The maximum atomic E-state index is 11.4. The Kier molecular flexibility index (Phi) is 10.1. The fourth-order valence-corrected chi connectivity index (χ4v) is 4.27. The second-order valence-electron chi connectivity index (χ2n) is 6.77. The average molecular weight is 486 g/mol. The highest BCUT2D eigenvalue weighted by atomic mass is 79.9. The summed E-state index contributed by atoms with van der Waals surface area (Å²) in [5, 5.41) is 14.8. The van der Waals surface area contributed by atoms with E-state index in [2.05, 4.69) is 65.9 Å². The van der Waals surface area contributed by atoms with Crippen LogP contribution in [0.15, 0.2) is 22.7 Å². The lowest BCUT2D eigenvalue weighted by Crippen LogP contribution is -2.50. The molecule has 0 aliphatic carbocycles. The van der Waals surface area contributed by atoms with Gasteiger partial charge in [0.25, 0.3) is 0 Å². The van der Waals surface area contributed by atoms with Gasteiger partial charge in [0, 0.05) is 64.7 Å². The Balaban J connectivity index is 0.000000817. The van der Waals surface area contributed by atoms with Gasteiger partial charge in [0.1, 0.15) is 5.75 Å². The first-order valence-electron chi connectivity index (χ1n) is 9.00. The van der Waals surface area contributed by atoms with Crippen LogP contribution in [-0.2, 0) is 8.58 Å². The molecule has 0 bridgehead atoms. The summed E-state index contributed by atoms with van der Waals surface area (Å²) >= 11 is 12.1. The number of piperazine rings is 1. The maximum Gasteiger partial charge on any atom is 0.133 e. The first-order valence-corrected chi connectivity index (χ1v) is 10.4. The number of nitrogens with zero attached hydrogens (tertiary/aromatic N) is 1. The van der Waals surface area contributed by atoms with Gasteiger partial charge in [-0.05, 0) is 33.6 Å². The fourth-order valence-electron chi connectivity index (χ4n) is 3.71. The maximum absolute atomic E-state index is 11.4. The molecule has 2 aliphatic rings. The highest BCUT2D eigenvalue weighted by Crippen LogP contribution is 2.39. The van der Waals surface area contributed by atoms with Crippen LogP contribution in [-0.4, -0.2) is 68.7 Å². The molecule has 2 aliphatic heterocycles. The van der Waals surface area contributed by atoms with Crippen LogP contribution < -0.4 is 10.1 Å². The molecule has 3 rings (SSSR count). The number of methoxy groups -OCH3 is 1. The van der Waals surface area contributed by atoms with E-state index in [1.54, 1.807) is 7.11 Å². The average Bonchev–Trinajstić information content (AvgIpc) is 2.68. The minimum atomic E-state index is -0.711. The Morgan fingerprint density at radius 2 is 1.93 bits per heavy atom. The van der Waals surface area contributed by atoms with Gasteiger partial charge in [0.2, 0.25) is 0 Å². The molecule has 1 unspecified atom stereocenters. The van der Waals surface area contributed by atoms with Crippen LogP contribution >= 0.6 is 39.7 Å². The minimum absolute atomic E-state index is 0.0710. The molecule has 0 radical (unpaired) electrons. The quantitative estimate of drug-likeness (QED) is 0.667. The monoisotopic (exact) mass is 484 g/mol. The van der Waals surface area contributed by atoms with E-state index in [4.69, 9.17) is 9.47 Å². The van der Waals surface area contributed by atoms with E-state index in [1.165, 1.54) is 0 Å². The summed E-state index contributed by atoms with van der Waals surface area (Å²) in [7, 11) is 1.67. The summed E-state index contributed by atoms with van der Waals surface area (Å²) in [4.78, 5) is 2.45. The molecule has 2 fully saturated rings. The predicted molar refractivity (Wildman–Crippen MR) is 111 cm³/mol. The summed E-state index contributed by atoms with van der Waals surface area (Å²) < 4.78 is 15.0. The van der Waals surface area contributed by atoms with Crippen LogP contribution in [0.4, 0.5) is 0 Å². The molecule has 27 heavy (non-hydrogen) atoms. The lowest BCUT2D eigenvalue weighted by atomic mass is 9.76. The van der Waals surface area contributed by atoms with Crippen LogP contribution in [0.25, 0.3) is 0 Å². The number of hydrogen-bond donors (Lipinski definition) is 2. The van der Waals surface area contributed by atoms with Crippen molar-refractivity contribution >= 4 is 39.7 Å². The summed E-state index contributed by atoms with van der Waals surface area (Å²) in [6, 6.07) is 6.16. The van der Waals surface area contributed by atoms with E-state index in [0.29, 0.717) is 26.1 Å². The first kappa shape index (κ1) is 23.2. The first-order chi connectivity index (χ1) is 13.0. The zero-order valence-corrected chi connectivity index (χ0v) is 18.5. The normalized spacial score (nSPS) is 21.1. The molecule has 0 saturated carbocycles. The Bertz CT molecular complexity index is 570. The van der Waals surface area contributed by atoms with E-state index >= 15 is 0 Å². The molecule has 1 aromatic carbocycles. The van der Waals surface area contributed by atoms with Gasteiger partial charge in [-0.25, -0.2) is 0 Å². The summed E-state index contributed by atoms with van der Waals surface area (Å²) in [5.74, 6) is 0.889. The summed E-state index contributed by atoms with van der Waals surface area (Å²) in [6.45, 7) is 6.22. The van der Waals surface area contributed by atoms with E-state index in [0.717, 1.165) is 48.5 Å². The molecular weight excluding hydrogens is 459 g/mol. The second-order valence-corrected chi connectivity index (χ2v) is 8.09. The van der Waals surface area contributed by atoms with Crippen LogP contribution in [0.3, 0.4) is 0 Å². The minimum Gasteiger partial charge on any atom is -0.496 e. The lowest BCUT2D eigenvalue weighted by Gasteiger charge is -2.42. The molecule has 154 valence electrons. The number of ether oxygens (including phenoxy) is 2. The molecule has 1 atom stereocenters. The smallest absolute Gasteiger partial charge is 0.133 e. The van der Waals surface area contributed by atoms with E-state index in [1.807, 2.05) is 6.07 Å². The molecule has 2 heterocycles. The van der Waals surface area contributed by atoms with Gasteiger partial charge in [0.15, 0.2) is 0 Å². The van der Waals surface area contributed by atoms with Crippen molar-refractivity contribution in [3.05, 3.63) is 28.2 Å².